The van der Waals surface area contributed by atoms with Crippen molar-refractivity contribution >= 4 is 38.8 Å². The maximum absolute atomic E-state index is 12.4. The van der Waals surface area contributed by atoms with Gasteiger partial charge in [0.2, 0.25) is 0 Å². The van der Waals surface area contributed by atoms with Crippen LogP contribution in [-0.4, -0.2) is 26.6 Å². The third kappa shape index (κ3) is 4.33. The van der Waals surface area contributed by atoms with Crippen LogP contribution in [0.4, 0.5) is 0 Å². The van der Waals surface area contributed by atoms with Gasteiger partial charge in [-0.3, -0.25) is 20.4 Å². The molecule has 0 bridgehead atoms. The van der Waals surface area contributed by atoms with E-state index in [0.717, 1.165) is 15.4 Å². The number of hydrazine groups is 1. The first-order valence-corrected chi connectivity index (χ1v) is 9.61. The molecule has 2 N–H and O–H groups in total. The number of nitrogens with one attached hydrogen (secondary N) is 2. The van der Waals surface area contributed by atoms with Gasteiger partial charge in [0.15, 0.2) is 5.65 Å². The summed E-state index contributed by atoms with van der Waals surface area (Å²) in [5.74, 6) is -0.865. The largest absolute Gasteiger partial charge is 0.271 e. The zero-order valence-electron chi connectivity index (χ0n) is 15.2. The summed E-state index contributed by atoms with van der Waals surface area (Å²) in [4.78, 5) is 28.9. The SMILES string of the molecule is O=C(NNC(=O)c1cnc2c(cnn2Cc2ccccc2)c1)c1ccc(Br)cc1. The number of hydrogen-bond donors (Lipinski definition) is 2. The van der Waals surface area contributed by atoms with Crippen molar-refractivity contribution in [3.05, 3.63) is 94.2 Å². The maximum Gasteiger partial charge on any atom is 0.271 e. The predicted molar refractivity (Wildman–Crippen MR) is 112 cm³/mol. The van der Waals surface area contributed by atoms with Gasteiger partial charge in [-0.2, -0.15) is 5.10 Å². The van der Waals surface area contributed by atoms with Crippen LogP contribution in [0.5, 0.6) is 0 Å². The molecule has 2 heterocycles. The number of halogens is 1. The molecular formula is C21H16BrN5O2. The fraction of sp³-hybridized carbons (Fsp3) is 0.0476. The molecule has 2 aromatic heterocycles. The van der Waals surface area contributed by atoms with Crippen LogP contribution in [0, 0.1) is 0 Å². The van der Waals surface area contributed by atoms with Gasteiger partial charge in [0.25, 0.3) is 11.8 Å². The molecule has 29 heavy (non-hydrogen) atoms. The number of hydrogen-bond acceptors (Lipinski definition) is 4. The van der Waals surface area contributed by atoms with Crippen LogP contribution in [0.1, 0.15) is 26.3 Å². The number of pyridine rings is 1. The second-order valence-corrected chi connectivity index (χ2v) is 7.26. The molecular weight excluding hydrogens is 434 g/mol. The second kappa shape index (κ2) is 8.24. The standard InChI is InChI=1S/C21H16BrN5O2/c22-18-8-6-15(7-9-18)20(28)25-26-21(29)17-10-16-12-24-27(19(16)23-11-17)13-14-4-2-1-3-5-14/h1-12H,13H2,(H,25,28)(H,26,29). The molecule has 0 spiro atoms. The molecule has 0 unspecified atom stereocenters. The number of benzene rings is 2. The molecule has 0 saturated heterocycles. The summed E-state index contributed by atoms with van der Waals surface area (Å²) in [6, 6.07) is 18.4. The van der Waals surface area contributed by atoms with Gasteiger partial charge in [-0.25, -0.2) is 9.67 Å². The zero-order valence-corrected chi connectivity index (χ0v) is 16.8. The van der Waals surface area contributed by atoms with Crippen LogP contribution in [-0.2, 0) is 6.54 Å². The highest BCUT2D eigenvalue weighted by Crippen LogP contribution is 2.15. The number of nitrogens with zero attached hydrogens (tertiary/aromatic N) is 3. The van der Waals surface area contributed by atoms with Crippen LogP contribution < -0.4 is 10.9 Å². The van der Waals surface area contributed by atoms with Crippen LogP contribution in [0.2, 0.25) is 0 Å². The number of amides is 2. The third-order valence-corrected chi connectivity index (χ3v) is 4.84. The van der Waals surface area contributed by atoms with Crippen LogP contribution >= 0.6 is 15.9 Å². The van der Waals surface area contributed by atoms with E-state index in [2.05, 4.69) is 36.9 Å². The Bertz CT molecular complexity index is 1170. The van der Waals surface area contributed by atoms with Crippen molar-refractivity contribution in [3.63, 3.8) is 0 Å². The van der Waals surface area contributed by atoms with Gasteiger partial charge >= 0.3 is 0 Å². The molecule has 0 aliphatic rings. The van der Waals surface area contributed by atoms with E-state index in [9.17, 15) is 9.59 Å². The minimum atomic E-state index is -0.458. The predicted octanol–water partition coefficient (Wildman–Crippen LogP) is 3.32. The van der Waals surface area contributed by atoms with E-state index in [1.807, 2.05) is 30.3 Å². The minimum absolute atomic E-state index is 0.327. The average molecular weight is 450 g/mol. The molecule has 0 fully saturated rings. The van der Waals surface area contributed by atoms with Crippen molar-refractivity contribution < 1.29 is 9.59 Å². The molecule has 0 aliphatic carbocycles. The van der Waals surface area contributed by atoms with Gasteiger partial charge in [-0.1, -0.05) is 46.3 Å². The van der Waals surface area contributed by atoms with Gasteiger partial charge in [-0.05, 0) is 35.9 Å². The third-order valence-electron chi connectivity index (χ3n) is 4.31. The molecule has 4 aromatic rings. The van der Waals surface area contributed by atoms with Crippen molar-refractivity contribution in [1.82, 2.24) is 25.6 Å². The average Bonchev–Trinajstić information content (AvgIpc) is 3.15. The number of aromatic nitrogens is 3. The molecule has 0 atom stereocenters. The lowest BCUT2D eigenvalue weighted by Crippen LogP contribution is -2.41. The van der Waals surface area contributed by atoms with Crippen molar-refractivity contribution in [2.75, 3.05) is 0 Å². The summed E-state index contributed by atoms with van der Waals surface area (Å²) in [5, 5.41) is 5.10. The van der Waals surface area contributed by atoms with Gasteiger partial charge < -0.3 is 0 Å². The summed E-state index contributed by atoms with van der Waals surface area (Å²) < 4.78 is 2.65. The molecule has 2 amide bonds. The first-order chi connectivity index (χ1) is 14.1. The molecule has 8 heteroatoms. The van der Waals surface area contributed by atoms with E-state index in [-0.39, 0.29) is 0 Å². The Morgan fingerprint density at radius 1 is 0.897 bits per heavy atom. The lowest BCUT2D eigenvalue weighted by Gasteiger charge is -2.08. The number of rotatable bonds is 4. The van der Waals surface area contributed by atoms with Crippen molar-refractivity contribution in [2.45, 2.75) is 6.54 Å². The van der Waals surface area contributed by atoms with Crippen molar-refractivity contribution in [3.8, 4) is 0 Å². The highest BCUT2D eigenvalue weighted by molar-refractivity contribution is 9.10. The first-order valence-electron chi connectivity index (χ1n) is 8.82. The smallest absolute Gasteiger partial charge is 0.267 e. The molecule has 0 saturated carbocycles. The molecule has 144 valence electrons. The van der Waals surface area contributed by atoms with Gasteiger partial charge in [0.1, 0.15) is 0 Å². The van der Waals surface area contributed by atoms with Crippen LogP contribution in [0.25, 0.3) is 11.0 Å². The highest BCUT2D eigenvalue weighted by Gasteiger charge is 2.12. The topological polar surface area (TPSA) is 88.9 Å². The Morgan fingerprint density at radius 3 is 2.31 bits per heavy atom. The van der Waals surface area contributed by atoms with E-state index in [1.165, 1.54) is 6.20 Å². The Hall–Kier alpha value is -3.52. The zero-order chi connectivity index (χ0) is 20.2. The summed E-state index contributed by atoms with van der Waals surface area (Å²) in [5.41, 5.74) is 7.36. The van der Waals surface area contributed by atoms with Crippen LogP contribution in [0.15, 0.2) is 77.5 Å². The highest BCUT2D eigenvalue weighted by atomic mass is 79.9. The molecule has 7 nitrogen and oxygen atoms in total. The summed E-state index contributed by atoms with van der Waals surface area (Å²) in [6.07, 6.45) is 3.13. The fourth-order valence-corrected chi connectivity index (χ4v) is 3.09. The molecule has 0 radical (unpaired) electrons. The van der Waals surface area contributed by atoms with E-state index in [4.69, 9.17) is 0 Å². The normalized spacial score (nSPS) is 10.7. The van der Waals surface area contributed by atoms with Gasteiger partial charge in [0.05, 0.1) is 18.3 Å². The fourth-order valence-electron chi connectivity index (χ4n) is 2.83. The van der Waals surface area contributed by atoms with E-state index in [1.54, 1.807) is 41.2 Å². The Labute approximate surface area is 174 Å². The minimum Gasteiger partial charge on any atom is -0.267 e. The lowest BCUT2D eigenvalue weighted by molar-refractivity contribution is 0.0846. The van der Waals surface area contributed by atoms with E-state index in [0.29, 0.717) is 23.3 Å². The maximum atomic E-state index is 12.4. The van der Waals surface area contributed by atoms with Crippen LogP contribution in [0.3, 0.4) is 0 Å². The second-order valence-electron chi connectivity index (χ2n) is 6.34. The van der Waals surface area contributed by atoms with E-state index >= 15 is 0 Å². The molecule has 2 aromatic carbocycles. The number of carbonyl (C=O) groups excluding carboxylic acids is 2. The Kier molecular flexibility index (Phi) is 5.35. The van der Waals surface area contributed by atoms with E-state index < -0.39 is 11.8 Å². The lowest BCUT2D eigenvalue weighted by atomic mass is 10.2. The Morgan fingerprint density at radius 2 is 1.59 bits per heavy atom. The van der Waals surface area contributed by atoms with Crippen molar-refractivity contribution in [1.29, 1.82) is 0 Å². The quantitative estimate of drug-likeness (QED) is 0.467. The molecule has 4 rings (SSSR count). The summed E-state index contributed by atoms with van der Waals surface area (Å²) in [7, 11) is 0. The molecule has 0 aliphatic heterocycles. The van der Waals surface area contributed by atoms with Gasteiger partial charge in [-0.15, -0.1) is 0 Å². The van der Waals surface area contributed by atoms with Gasteiger partial charge in [0, 0.05) is 21.6 Å². The monoisotopic (exact) mass is 449 g/mol. The number of carbonyl (C=O) groups is 2. The summed E-state index contributed by atoms with van der Waals surface area (Å²) >= 11 is 3.31. The summed E-state index contributed by atoms with van der Waals surface area (Å²) in [6.45, 7) is 0.589. The first kappa shape index (κ1) is 18.8. The number of fused-ring (bicyclic) bond motifs is 1. The van der Waals surface area contributed by atoms with Crippen molar-refractivity contribution in [2.24, 2.45) is 0 Å². The Balaban J connectivity index is 1.44.